The lowest BCUT2D eigenvalue weighted by Crippen LogP contribution is -1.73. The summed E-state index contributed by atoms with van der Waals surface area (Å²) >= 11 is 11.4. The van der Waals surface area contributed by atoms with Crippen LogP contribution < -0.4 is 0 Å². The highest BCUT2D eigenvalue weighted by atomic mass is 35.5. The van der Waals surface area contributed by atoms with E-state index in [2.05, 4.69) is 25.8 Å². The zero-order chi connectivity index (χ0) is 8.43. The van der Waals surface area contributed by atoms with Crippen LogP contribution in [0.2, 0.25) is 5.02 Å². The fourth-order valence-electron chi connectivity index (χ4n) is 0.614. The van der Waals surface area contributed by atoms with Crippen LogP contribution in [-0.4, -0.2) is 0 Å². The van der Waals surface area contributed by atoms with Crippen LogP contribution in [0.4, 0.5) is 0 Å². The maximum atomic E-state index is 5.72. The molecule has 0 saturated carbocycles. The van der Waals surface area contributed by atoms with E-state index in [1.807, 2.05) is 11.4 Å². The largest absolute Gasteiger partial charge is 0.143 e. The van der Waals surface area contributed by atoms with Gasteiger partial charge < -0.3 is 0 Å². The minimum Gasteiger partial charge on any atom is -0.143 e. The zero-order valence-corrected chi connectivity index (χ0v) is 8.27. The van der Waals surface area contributed by atoms with E-state index < -0.39 is 0 Å². The minimum atomic E-state index is 0.684. The highest BCUT2D eigenvalue weighted by Crippen LogP contribution is 2.29. The molecule has 11 heavy (non-hydrogen) atoms. The smallest absolute Gasteiger partial charge is 0.0519 e. The Morgan fingerprint density at radius 1 is 1.55 bits per heavy atom. The molecule has 0 aliphatic heterocycles. The summed E-state index contributed by atoms with van der Waals surface area (Å²) < 4.78 is 0. The predicted octanol–water partition coefficient (Wildman–Crippen LogP) is 3.86. The molecule has 1 aromatic rings. The van der Waals surface area contributed by atoms with Crippen LogP contribution in [0, 0.1) is 0 Å². The maximum absolute atomic E-state index is 5.72. The highest BCUT2D eigenvalue weighted by molar-refractivity contribution is 7.85. The SMILES string of the molecule is C=C(S)C(=C)c1cc(Cl)cs1. The van der Waals surface area contributed by atoms with Gasteiger partial charge in [-0.2, -0.15) is 0 Å². The number of thiophene rings is 1. The van der Waals surface area contributed by atoms with Gasteiger partial charge in [-0.3, -0.25) is 0 Å². The van der Waals surface area contributed by atoms with Gasteiger partial charge >= 0.3 is 0 Å². The Morgan fingerprint density at radius 3 is 2.55 bits per heavy atom. The van der Waals surface area contributed by atoms with Crippen LogP contribution >= 0.6 is 35.6 Å². The quantitative estimate of drug-likeness (QED) is 0.547. The molecule has 58 valence electrons. The van der Waals surface area contributed by atoms with Crippen molar-refractivity contribution in [2.45, 2.75) is 0 Å². The van der Waals surface area contributed by atoms with Gasteiger partial charge in [-0.25, -0.2) is 0 Å². The van der Waals surface area contributed by atoms with Crippen molar-refractivity contribution in [1.82, 2.24) is 0 Å². The molecule has 3 heteroatoms. The van der Waals surface area contributed by atoms with Gasteiger partial charge in [-0.05, 0) is 11.6 Å². The lowest BCUT2D eigenvalue weighted by atomic mass is 10.2. The molecule has 0 atom stereocenters. The molecule has 0 N–H and O–H groups in total. The Bertz CT molecular complexity index is 299. The van der Waals surface area contributed by atoms with E-state index in [1.54, 1.807) is 11.3 Å². The lowest BCUT2D eigenvalue weighted by Gasteiger charge is -1.97. The molecule has 0 unspecified atom stereocenters. The van der Waals surface area contributed by atoms with Crippen molar-refractivity contribution in [3.8, 4) is 0 Å². The normalized spacial score (nSPS) is 9.64. The topological polar surface area (TPSA) is 0 Å². The van der Waals surface area contributed by atoms with Crippen molar-refractivity contribution in [2.75, 3.05) is 0 Å². The van der Waals surface area contributed by atoms with Crippen LogP contribution in [0.1, 0.15) is 4.88 Å². The molecule has 1 rings (SSSR count). The summed E-state index contributed by atoms with van der Waals surface area (Å²) in [7, 11) is 0. The fraction of sp³-hybridized carbons (Fsp3) is 0. The molecular weight excluding hydrogens is 196 g/mol. The maximum Gasteiger partial charge on any atom is 0.0519 e. The number of allylic oxidation sites excluding steroid dienone is 1. The second-order valence-electron chi connectivity index (χ2n) is 2.05. The van der Waals surface area contributed by atoms with Gasteiger partial charge in [0.2, 0.25) is 0 Å². The predicted molar refractivity (Wildman–Crippen MR) is 56.5 cm³/mol. The van der Waals surface area contributed by atoms with Crippen LogP contribution in [0.5, 0.6) is 0 Å². The van der Waals surface area contributed by atoms with Crippen LogP contribution in [0.15, 0.2) is 29.5 Å². The summed E-state index contributed by atoms with van der Waals surface area (Å²) in [6.45, 7) is 7.48. The van der Waals surface area contributed by atoms with Gasteiger partial charge in [0.05, 0.1) is 5.02 Å². The summed E-state index contributed by atoms with van der Waals surface area (Å²) in [6.07, 6.45) is 0. The van der Waals surface area contributed by atoms with E-state index in [1.165, 1.54) is 0 Å². The van der Waals surface area contributed by atoms with Crippen molar-refractivity contribution in [1.29, 1.82) is 0 Å². The molecular formula is C8H7ClS2. The second-order valence-corrected chi connectivity index (χ2v) is 3.94. The van der Waals surface area contributed by atoms with E-state index in [9.17, 15) is 0 Å². The molecule has 0 radical (unpaired) electrons. The first-order chi connectivity index (χ1) is 5.11. The van der Waals surface area contributed by atoms with Gasteiger partial charge in [-0.1, -0.05) is 24.8 Å². The molecule has 0 aromatic carbocycles. The second kappa shape index (κ2) is 3.48. The first kappa shape index (κ1) is 8.91. The Balaban J connectivity index is 2.94. The van der Waals surface area contributed by atoms with Crippen molar-refractivity contribution in [2.24, 2.45) is 0 Å². The molecule has 0 nitrogen and oxygen atoms in total. The van der Waals surface area contributed by atoms with Crippen LogP contribution in [0.3, 0.4) is 0 Å². The Kier molecular flexibility index (Phi) is 2.82. The molecule has 1 aromatic heterocycles. The molecule has 0 fully saturated rings. The van der Waals surface area contributed by atoms with Gasteiger partial charge in [0.15, 0.2) is 0 Å². The van der Waals surface area contributed by atoms with Crippen LogP contribution in [-0.2, 0) is 0 Å². The van der Waals surface area contributed by atoms with Crippen molar-refractivity contribution >= 4 is 41.1 Å². The van der Waals surface area contributed by atoms with Crippen molar-refractivity contribution in [3.05, 3.63) is 39.4 Å². The first-order valence-corrected chi connectivity index (χ1v) is 4.63. The van der Waals surface area contributed by atoms with Crippen molar-refractivity contribution in [3.63, 3.8) is 0 Å². The number of hydrogen-bond donors (Lipinski definition) is 1. The molecule has 0 aliphatic rings. The summed E-state index contributed by atoms with van der Waals surface area (Å²) in [5, 5.41) is 2.60. The number of halogens is 1. The van der Waals surface area contributed by atoms with Gasteiger partial charge in [0.25, 0.3) is 0 Å². The third-order valence-corrected chi connectivity index (χ3v) is 2.82. The van der Waals surface area contributed by atoms with Gasteiger partial charge in [0, 0.05) is 15.2 Å². The summed E-state index contributed by atoms with van der Waals surface area (Å²) in [5.74, 6) is 0. The lowest BCUT2D eigenvalue weighted by molar-refractivity contribution is 1.87. The van der Waals surface area contributed by atoms with E-state index in [0.29, 0.717) is 4.91 Å². The average molecular weight is 203 g/mol. The van der Waals surface area contributed by atoms with Gasteiger partial charge in [-0.15, -0.1) is 24.0 Å². The summed E-state index contributed by atoms with van der Waals surface area (Å²) in [4.78, 5) is 1.71. The standard InChI is InChI=1S/C8H7ClS2/c1-5(6(2)10)8-3-7(9)4-11-8/h3-4,10H,1-2H2. The monoisotopic (exact) mass is 202 g/mol. The number of thiol groups is 1. The third kappa shape index (κ3) is 2.12. The molecule has 0 amide bonds. The Labute approximate surface area is 80.6 Å². The molecule has 0 aliphatic carbocycles. The number of hydrogen-bond acceptors (Lipinski definition) is 2. The molecule has 0 saturated heterocycles. The molecule has 1 heterocycles. The fourth-order valence-corrected chi connectivity index (χ4v) is 1.89. The molecule has 0 spiro atoms. The highest BCUT2D eigenvalue weighted by Gasteiger charge is 2.02. The minimum absolute atomic E-state index is 0.684. The van der Waals surface area contributed by atoms with E-state index in [0.717, 1.165) is 15.5 Å². The Hall–Kier alpha value is -0.180. The Morgan fingerprint density at radius 2 is 2.18 bits per heavy atom. The molecule has 0 bridgehead atoms. The zero-order valence-electron chi connectivity index (χ0n) is 5.80. The van der Waals surface area contributed by atoms with E-state index in [4.69, 9.17) is 11.6 Å². The van der Waals surface area contributed by atoms with Gasteiger partial charge in [0.1, 0.15) is 0 Å². The van der Waals surface area contributed by atoms with E-state index >= 15 is 0 Å². The first-order valence-electron chi connectivity index (χ1n) is 2.93. The third-order valence-electron chi connectivity index (χ3n) is 1.21. The summed E-state index contributed by atoms with van der Waals surface area (Å²) in [6, 6.07) is 1.86. The average Bonchev–Trinajstić information content (AvgIpc) is 2.34. The number of rotatable bonds is 2. The van der Waals surface area contributed by atoms with E-state index in [-0.39, 0.29) is 0 Å². The van der Waals surface area contributed by atoms with Crippen molar-refractivity contribution < 1.29 is 0 Å². The summed E-state index contributed by atoms with van der Waals surface area (Å²) in [5.41, 5.74) is 0.838. The van der Waals surface area contributed by atoms with Crippen LogP contribution in [0.25, 0.3) is 5.57 Å².